The highest BCUT2D eigenvalue weighted by Gasteiger charge is 2.18. The molecule has 0 aliphatic rings. The van der Waals surface area contributed by atoms with Gasteiger partial charge in [-0.15, -0.1) is 16.7 Å². The Hall–Kier alpha value is -1.43. The van der Waals surface area contributed by atoms with Crippen LogP contribution in [0.4, 0.5) is 5.82 Å². The number of hydrogen-bond donors (Lipinski definition) is 1. The highest BCUT2D eigenvalue weighted by molar-refractivity contribution is 6.17. The van der Waals surface area contributed by atoms with E-state index in [4.69, 9.17) is 11.6 Å². The van der Waals surface area contributed by atoms with Crippen molar-refractivity contribution in [3.05, 3.63) is 12.4 Å². The molecule has 0 radical (unpaired) electrons. The zero-order valence-electron chi connectivity index (χ0n) is 9.18. The van der Waals surface area contributed by atoms with Crippen LogP contribution in [0, 0.1) is 0 Å². The summed E-state index contributed by atoms with van der Waals surface area (Å²) in [5, 5.41) is 14.6. The fourth-order valence-corrected chi connectivity index (χ4v) is 1.88. The number of nitrogens with zero attached hydrogens (tertiary/aromatic N) is 5. The Morgan fingerprint density at radius 1 is 1.44 bits per heavy atom. The molecule has 2 aromatic heterocycles. The maximum Gasteiger partial charge on any atom is 0.199 e. The summed E-state index contributed by atoms with van der Waals surface area (Å²) >= 11 is 5.75. The molecule has 0 amide bonds. The molecule has 86 valence electrons. The lowest BCUT2D eigenvalue weighted by Gasteiger charge is -2.26. The Morgan fingerprint density at radius 2 is 2.25 bits per heavy atom. The second kappa shape index (κ2) is 4.21. The average molecular weight is 241 g/mol. The summed E-state index contributed by atoms with van der Waals surface area (Å²) in [5.74, 6) is 1.36. The van der Waals surface area contributed by atoms with Crippen LogP contribution in [-0.2, 0) is 0 Å². The number of fused-ring (bicyclic) bond motifs is 1. The number of tetrazole rings is 1. The first-order chi connectivity index (χ1) is 7.62. The van der Waals surface area contributed by atoms with Crippen molar-refractivity contribution in [1.29, 1.82) is 0 Å². The molecule has 16 heavy (non-hydrogen) atoms. The molecule has 0 saturated carbocycles. The van der Waals surface area contributed by atoms with Crippen molar-refractivity contribution in [2.24, 2.45) is 0 Å². The number of nitrogens with one attached hydrogen (secondary N) is 1. The van der Waals surface area contributed by atoms with E-state index in [1.165, 1.54) is 0 Å². The smallest absolute Gasteiger partial charge is 0.199 e. The molecule has 0 fully saturated rings. The monoisotopic (exact) mass is 240 g/mol. The van der Waals surface area contributed by atoms with Gasteiger partial charge in [0.25, 0.3) is 0 Å². The molecule has 2 rings (SSSR count). The Kier molecular flexibility index (Phi) is 2.91. The number of hydrogen-bond acceptors (Lipinski definition) is 5. The highest BCUT2D eigenvalue weighted by atomic mass is 35.5. The lowest BCUT2D eigenvalue weighted by molar-refractivity contribution is 0.544. The first kappa shape index (κ1) is 11.1. The van der Waals surface area contributed by atoms with Gasteiger partial charge in [-0.25, -0.2) is 0 Å². The Labute approximate surface area is 98.0 Å². The van der Waals surface area contributed by atoms with Crippen LogP contribution in [-0.4, -0.2) is 36.4 Å². The van der Waals surface area contributed by atoms with E-state index >= 15 is 0 Å². The Bertz CT molecular complexity index is 480. The molecule has 0 unspecified atom stereocenters. The van der Waals surface area contributed by atoms with Crippen LogP contribution in [0.2, 0.25) is 0 Å². The second-order valence-electron chi connectivity index (χ2n) is 4.19. The summed E-state index contributed by atoms with van der Waals surface area (Å²) in [6.07, 6.45) is 4.14. The highest BCUT2D eigenvalue weighted by Crippen LogP contribution is 2.17. The normalized spacial score (nSPS) is 11.9. The molecule has 1 N–H and O–H groups in total. The van der Waals surface area contributed by atoms with Gasteiger partial charge in [0, 0.05) is 11.4 Å². The third-order valence-corrected chi connectivity index (χ3v) is 2.48. The molecule has 0 bridgehead atoms. The van der Waals surface area contributed by atoms with Gasteiger partial charge >= 0.3 is 0 Å². The van der Waals surface area contributed by atoms with Gasteiger partial charge in [-0.1, -0.05) is 0 Å². The quantitative estimate of drug-likeness (QED) is 0.817. The van der Waals surface area contributed by atoms with Gasteiger partial charge in [0.05, 0.1) is 12.4 Å². The summed E-state index contributed by atoms with van der Waals surface area (Å²) in [7, 11) is 0. The van der Waals surface area contributed by atoms with E-state index in [0.29, 0.717) is 11.5 Å². The van der Waals surface area contributed by atoms with Gasteiger partial charge in [0.2, 0.25) is 0 Å². The fourth-order valence-electron chi connectivity index (χ4n) is 1.41. The van der Waals surface area contributed by atoms with E-state index in [2.05, 4.69) is 39.7 Å². The van der Waals surface area contributed by atoms with Gasteiger partial charge in [-0.05, 0) is 30.7 Å². The van der Waals surface area contributed by atoms with Crippen molar-refractivity contribution in [2.45, 2.75) is 25.8 Å². The van der Waals surface area contributed by atoms with Gasteiger partial charge < -0.3 is 5.32 Å². The van der Waals surface area contributed by atoms with Crippen LogP contribution in [0.3, 0.4) is 0 Å². The lowest BCUT2D eigenvalue weighted by Crippen LogP contribution is -2.32. The summed E-state index contributed by atoms with van der Waals surface area (Å²) in [4.78, 5) is 4.07. The molecule has 7 heteroatoms. The predicted molar refractivity (Wildman–Crippen MR) is 61.6 cm³/mol. The summed E-state index contributed by atoms with van der Waals surface area (Å²) < 4.78 is 1.61. The third-order valence-electron chi connectivity index (χ3n) is 2.29. The van der Waals surface area contributed by atoms with Crippen molar-refractivity contribution in [3.8, 4) is 0 Å². The molecule has 2 aromatic rings. The van der Waals surface area contributed by atoms with E-state index in [1.54, 1.807) is 16.9 Å². The largest absolute Gasteiger partial charge is 0.364 e. The van der Waals surface area contributed by atoms with Crippen molar-refractivity contribution < 1.29 is 0 Å². The van der Waals surface area contributed by atoms with Crippen LogP contribution >= 0.6 is 11.6 Å². The molecule has 0 spiro atoms. The van der Waals surface area contributed by atoms with Gasteiger partial charge in [-0.3, -0.25) is 4.98 Å². The summed E-state index contributed by atoms with van der Waals surface area (Å²) in [6.45, 7) is 4.14. The molecule has 2 heterocycles. The number of rotatable bonds is 4. The summed E-state index contributed by atoms with van der Waals surface area (Å²) in [5.41, 5.74) is 0.496. The SMILES string of the molecule is CC(C)(CCCl)Nc1cncc2nnnn12. The summed E-state index contributed by atoms with van der Waals surface area (Å²) in [6, 6.07) is 0. The van der Waals surface area contributed by atoms with Crippen LogP contribution in [0.25, 0.3) is 5.65 Å². The van der Waals surface area contributed by atoms with E-state index in [0.717, 1.165) is 12.2 Å². The van der Waals surface area contributed by atoms with E-state index in [1.807, 2.05) is 0 Å². The fraction of sp³-hybridized carbons (Fsp3) is 0.556. The third kappa shape index (κ3) is 2.21. The van der Waals surface area contributed by atoms with Crippen molar-refractivity contribution in [3.63, 3.8) is 0 Å². The first-order valence-electron chi connectivity index (χ1n) is 4.99. The van der Waals surface area contributed by atoms with Crippen LogP contribution in [0.1, 0.15) is 20.3 Å². The van der Waals surface area contributed by atoms with Crippen molar-refractivity contribution >= 4 is 23.1 Å². The molecule has 0 atom stereocenters. The number of halogens is 1. The molecular formula is C9H13ClN6. The minimum absolute atomic E-state index is 0.121. The Balaban J connectivity index is 2.30. The molecule has 0 aliphatic heterocycles. The standard InChI is InChI=1S/C9H13ClN6/c1-9(2,3-4-10)12-7-5-11-6-8-13-14-15-16(7)8/h5-6,12H,3-4H2,1-2H3. The topological polar surface area (TPSA) is 68.0 Å². The van der Waals surface area contributed by atoms with E-state index < -0.39 is 0 Å². The maximum absolute atomic E-state index is 5.75. The van der Waals surface area contributed by atoms with Crippen molar-refractivity contribution in [2.75, 3.05) is 11.2 Å². The van der Waals surface area contributed by atoms with Crippen LogP contribution in [0.15, 0.2) is 12.4 Å². The molecular weight excluding hydrogens is 228 g/mol. The number of aromatic nitrogens is 5. The maximum atomic E-state index is 5.75. The van der Waals surface area contributed by atoms with Gasteiger partial charge in [0.1, 0.15) is 0 Å². The number of anilines is 1. The predicted octanol–water partition coefficient (Wildman–Crippen LogP) is 1.34. The Morgan fingerprint density at radius 3 is 3.00 bits per heavy atom. The lowest BCUT2D eigenvalue weighted by atomic mass is 10.0. The van der Waals surface area contributed by atoms with Gasteiger partial charge in [-0.2, -0.15) is 4.52 Å². The van der Waals surface area contributed by atoms with Crippen LogP contribution < -0.4 is 5.32 Å². The average Bonchev–Trinajstić information content (AvgIpc) is 2.65. The molecule has 0 aliphatic carbocycles. The second-order valence-corrected chi connectivity index (χ2v) is 4.57. The molecule has 0 aromatic carbocycles. The molecule has 0 saturated heterocycles. The van der Waals surface area contributed by atoms with Gasteiger partial charge in [0.15, 0.2) is 11.5 Å². The minimum Gasteiger partial charge on any atom is -0.364 e. The zero-order chi connectivity index (χ0) is 11.6. The molecule has 6 nitrogen and oxygen atoms in total. The van der Waals surface area contributed by atoms with Crippen LogP contribution in [0.5, 0.6) is 0 Å². The number of alkyl halides is 1. The van der Waals surface area contributed by atoms with E-state index in [9.17, 15) is 0 Å². The van der Waals surface area contributed by atoms with Crippen molar-refractivity contribution in [1.82, 2.24) is 25.0 Å². The first-order valence-corrected chi connectivity index (χ1v) is 5.52. The minimum atomic E-state index is -0.121. The zero-order valence-corrected chi connectivity index (χ0v) is 9.94. The van der Waals surface area contributed by atoms with E-state index in [-0.39, 0.29) is 5.54 Å².